The lowest BCUT2D eigenvalue weighted by atomic mass is 10.0. The van der Waals surface area contributed by atoms with Gasteiger partial charge in [0.2, 0.25) is 5.91 Å². The molecule has 0 atom stereocenters. The molecule has 6 heteroatoms. The molecule has 252 valence electrons. The second kappa shape index (κ2) is 38.3. The van der Waals surface area contributed by atoms with Crippen molar-refractivity contribution in [1.29, 1.82) is 0 Å². The quantitative estimate of drug-likeness (QED) is 0.0366. The number of hydrazine groups is 1. The predicted octanol–water partition coefficient (Wildman–Crippen LogP) is 8.69. The highest BCUT2D eigenvalue weighted by Crippen LogP contribution is 2.15. The number of nitrogens with two attached hydrogens (primary N) is 1. The Bertz CT molecular complexity index is 505. The maximum Gasteiger partial charge on any atom is 0.235 e. The fourth-order valence-electron chi connectivity index (χ4n) is 5.60. The Kier molecular flexibility index (Phi) is 37.7. The van der Waals surface area contributed by atoms with Gasteiger partial charge in [-0.05, 0) is 45.3 Å². The van der Waals surface area contributed by atoms with Crippen molar-refractivity contribution in [2.24, 2.45) is 5.73 Å². The highest BCUT2D eigenvalue weighted by Gasteiger charge is 2.00. The molecule has 6 nitrogen and oxygen atoms in total. The average molecular weight is 596 g/mol. The van der Waals surface area contributed by atoms with Crippen LogP contribution in [0, 0.1) is 0 Å². The summed E-state index contributed by atoms with van der Waals surface area (Å²) in [6.07, 6.45) is 38.7. The molecule has 0 aliphatic heterocycles. The Labute approximate surface area is 263 Å². The smallest absolute Gasteiger partial charge is 0.235 e. The molecule has 0 saturated carbocycles. The molecule has 0 spiro atoms. The number of amides is 1. The summed E-state index contributed by atoms with van der Waals surface area (Å²) in [6.45, 7) is 7.04. The van der Waals surface area contributed by atoms with Crippen LogP contribution >= 0.6 is 0 Å². The molecule has 42 heavy (non-hydrogen) atoms. The van der Waals surface area contributed by atoms with Crippen molar-refractivity contribution in [1.82, 2.24) is 21.5 Å². The zero-order chi connectivity index (χ0) is 30.4. The van der Waals surface area contributed by atoms with Crippen LogP contribution in [0.3, 0.4) is 0 Å². The summed E-state index contributed by atoms with van der Waals surface area (Å²) in [5.74, 6) is 0.0633. The lowest BCUT2D eigenvalue weighted by Crippen LogP contribution is -2.41. The second-order valence-corrected chi connectivity index (χ2v) is 12.7. The summed E-state index contributed by atoms with van der Waals surface area (Å²) < 4.78 is 0. The Morgan fingerprint density at radius 1 is 0.429 bits per heavy atom. The average Bonchev–Trinajstić information content (AvgIpc) is 3.00. The van der Waals surface area contributed by atoms with Gasteiger partial charge in [-0.15, -0.1) is 0 Å². The van der Waals surface area contributed by atoms with E-state index >= 15 is 0 Å². The number of carbonyl (C=O) groups is 1. The lowest BCUT2D eigenvalue weighted by molar-refractivity contribution is -0.120. The van der Waals surface area contributed by atoms with Gasteiger partial charge < -0.3 is 16.4 Å². The minimum atomic E-state index is 0.0633. The van der Waals surface area contributed by atoms with Gasteiger partial charge in [-0.1, -0.05) is 161 Å². The topological polar surface area (TPSA) is 91.2 Å². The van der Waals surface area contributed by atoms with Gasteiger partial charge >= 0.3 is 0 Å². The van der Waals surface area contributed by atoms with Crippen LogP contribution < -0.4 is 27.2 Å². The first-order valence-electron chi connectivity index (χ1n) is 18.9. The summed E-state index contributed by atoms with van der Waals surface area (Å²) >= 11 is 0. The first kappa shape index (κ1) is 41.3. The molecule has 0 aliphatic rings. The predicted molar refractivity (Wildman–Crippen MR) is 186 cm³/mol. The van der Waals surface area contributed by atoms with Crippen molar-refractivity contribution in [3.8, 4) is 0 Å². The molecule has 0 radical (unpaired) electrons. The van der Waals surface area contributed by atoms with Gasteiger partial charge in [0.1, 0.15) is 0 Å². The van der Waals surface area contributed by atoms with Crippen LogP contribution in [0.2, 0.25) is 0 Å². The summed E-state index contributed by atoms with van der Waals surface area (Å²) in [7, 11) is 0. The number of nitrogens with one attached hydrogen (secondary N) is 4. The third-order valence-electron chi connectivity index (χ3n) is 8.44. The Morgan fingerprint density at radius 2 is 0.786 bits per heavy atom. The maximum absolute atomic E-state index is 11.8. The molecule has 0 rings (SSSR count). The van der Waals surface area contributed by atoms with Crippen molar-refractivity contribution in [2.45, 2.75) is 187 Å². The molecule has 0 aromatic carbocycles. The largest absolute Gasteiger partial charge is 0.355 e. The van der Waals surface area contributed by atoms with E-state index in [1.807, 2.05) is 0 Å². The van der Waals surface area contributed by atoms with Gasteiger partial charge in [-0.25, -0.2) is 5.43 Å². The van der Waals surface area contributed by atoms with Crippen LogP contribution in [0.25, 0.3) is 0 Å². The van der Waals surface area contributed by atoms with E-state index in [0.717, 1.165) is 52.0 Å². The molecule has 6 N–H and O–H groups in total. The van der Waals surface area contributed by atoms with Crippen LogP contribution in [0.15, 0.2) is 0 Å². The van der Waals surface area contributed by atoms with E-state index in [1.54, 1.807) is 0 Å². The molecule has 0 fully saturated rings. The van der Waals surface area contributed by atoms with E-state index in [2.05, 4.69) is 28.4 Å². The number of hydrogen-bond donors (Lipinski definition) is 5. The molecule has 0 bridgehead atoms. The van der Waals surface area contributed by atoms with Gasteiger partial charge in [0.15, 0.2) is 0 Å². The first-order chi connectivity index (χ1) is 20.8. The minimum absolute atomic E-state index is 0.0633. The molecule has 1 amide bonds. The Balaban J connectivity index is 3.10. The van der Waals surface area contributed by atoms with Crippen molar-refractivity contribution in [2.75, 3.05) is 39.3 Å². The molecular formula is C36H77N5O. The minimum Gasteiger partial charge on any atom is -0.355 e. The van der Waals surface area contributed by atoms with Crippen LogP contribution in [-0.2, 0) is 4.79 Å². The monoisotopic (exact) mass is 596 g/mol. The summed E-state index contributed by atoms with van der Waals surface area (Å²) in [5, 5.41) is 6.32. The van der Waals surface area contributed by atoms with Gasteiger partial charge in [0.05, 0.1) is 6.54 Å². The number of carbonyl (C=O) groups excluding carboxylic acids is 1. The van der Waals surface area contributed by atoms with Crippen LogP contribution in [-0.4, -0.2) is 45.2 Å². The number of unbranched alkanes of at least 4 members (excludes halogenated alkanes) is 25. The van der Waals surface area contributed by atoms with E-state index in [4.69, 9.17) is 5.73 Å². The van der Waals surface area contributed by atoms with Gasteiger partial charge in [-0.3, -0.25) is 10.2 Å². The summed E-state index contributed by atoms with van der Waals surface area (Å²) in [4.78, 5) is 11.8. The molecule has 0 saturated heterocycles. The third kappa shape index (κ3) is 37.3. The van der Waals surface area contributed by atoms with Gasteiger partial charge in [-0.2, -0.15) is 0 Å². The Hall–Kier alpha value is -0.690. The third-order valence-corrected chi connectivity index (χ3v) is 8.44. The molecule has 0 aromatic rings. The first-order valence-corrected chi connectivity index (χ1v) is 18.9. The van der Waals surface area contributed by atoms with Crippen LogP contribution in [0.4, 0.5) is 0 Å². The normalized spacial score (nSPS) is 11.4. The van der Waals surface area contributed by atoms with Gasteiger partial charge in [0, 0.05) is 13.1 Å². The fraction of sp³-hybridized carbons (Fsp3) is 0.972. The number of rotatable bonds is 37. The van der Waals surface area contributed by atoms with E-state index < -0.39 is 0 Å². The highest BCUT2D eigenvalue weighted by molar-refractivity contribution is 5.77. The standard InChI is InChI=1S/C36H77N5O/c1-2-3-4-5-6-7-8-9-10-11-12-13-14-15-16-17-18-19-20-21-22-23-24-25-26-34-40-41-35-36(42)39-33-28-27-31-38-32-29-30-37/h38,40-41H,2-35,37H2,1H3,(H,39,42). The molecule has 0 aromatic heterocycles. The summed E-state index contributed by atoms with van der Waals surface area (Å²) in [5.41, 5.74) is 11.7. The molecular weight excluding hydrogens is 518 g/mol. The van der Waals surface area contributed by atoms with E-state index in [0.29, 0.717) is 6.54 Å². The zero-order valence-corrected chi connectivity index (χ0v) is 28.5. The van der Waals surface area contributed by atoms with E-state index in [-0.39, 0.29) is 5.91 Å². The fourth-order valence-corrected chi connectivity index (χ4v) is 5.60. The maximum atomic E-state index is 11.8. The molecule has 0 heterocycles. The van der Waals surface area contributed by atoms with E-state index in [1.165, 1.54) is 161 Å². The van der Waals surface area contributed by atoms with Crippen LogP contribution in [0.1, 0.15) is 187 Å². The van der Waals surface area contributed by atoms with Gasteiger partial charge in [0.25, 0.3) is 0 Å². The van der Waals surface area contributed by atoms with Crippen LogP contribution in [0.5, 0.6) is 0 Å². The lowest BCUT2D eigenvalue weighted by Gasteiger charge is -2.08. The molecule has 0 aliphatic carbocycles. The molecule has 0 unspecified atom stereocenters. The SMILES string of the molecule is CCCCCCCCCCCCCCCCCCCCCCCCCCCNNCC(=O)NCCCCNCCCN. The van der Waals surface area contributed by atoms with Crippen molar-refractivity contribution >= 4 is 5.91 Å². The Morgan fingerprint density at radius 3 is 1.21 bits per heavy atom. The second-order valence-electron chi connectivity index (χ2n) is 12.7. The van der Waals surface area contributed by atoms with Crippen molar-refractivity contribution in [3.05, 3.63) is 0 Å². The number of hydrogen-bond acceptors (Lipinski definition) is 5. The zero-order valence-electron chi connectivity index (χ0n) is 28.5. The van der Waals surface area contributed by atoms with E-state index in [9.17, 15) is 4.79 Å². The van der Waals surface area contributed by atoms with Crippen molar-refractivity contribution in [3.63, 3.8) is 0 Å². The highest BCUT2D eigenvalue weighted by atomic mass is 16.2. The van der Waals surface area contributed by atoms with Crippen molar-refractivity contribution < 1.29 is 4.79 Å². The summed E-state index contributed by atoms with van der Waals surface area (Å²) in [6, 6.07) is 0.